The summed E-state index contributed by atoms with van der Waals surface area (Å²) in [5.74, 6) is -1.91. The van der Waals surface area contributed by atoms with E-state index in [-0.39, 0.29) is 0 Å². The molecular weight excluding hydrogens is 246 g/mol. The maximum Gasteiger partial charge on any atom is 0.224 e. The Balaban J connectivity index is 2.21. The molecular formula is C15H16ClNO. The van der Waals surface area contributed by atoms with Crippen molar-refractivity contribution < 1.29 is 7.54 Å². The number of halogens is 1. The topological polar surface area (TPSA) is 43.1 Å². The maximum absolute atomic E-state index is 11.7. The summed E-state index contributed by atoms with van der Waals surface area (Å²) in [7, 11) is 0. The summed E-state index contributed by atoms with van der Waals surface area (Å²) >= 11 is 6.18. The lowest BCUT2D eigenvalue weighted by Gasteiger charge is -2.22. The van der Waals surface area contributed by atoms with Crippen LogP contribution in [0, 0.1) is 12.8 Å². The van der Waals surface area contributed by atoms with E-state index in [2.05, 4.69) is 0 Å². The summed E-state index contributed by atoms with van der Waals surface area (Å²) in [6, 6.07) is 2.30. The van der Waals surface area contributed by atoms with Crippen molar-refractivity contribution in [2.75, 3.05) is 0 Å². The molecule has 18 heavy (non-hydrogen) atoms. The van der Waals surface area contributed by atoms with Crippen molar-refractivity contribution in [3.8, 4) is 0 Å². The zero-order valence-electron chi connectivity index (χ0n) is 12.3. The largest absolute Gasteiger partial charge is 0.369 e. The second-order valence-electron chi connectivity index (χ2n) is 4.96. The van der Waals surface area contributed by atoms with Gasteiger partial charge in [0.25, 0.3) is 0 Å². The third kappa shape index (κ3) is 1.67. The fourth-order valence-corrected chi connectivity index (χ4v) is 3.13. The molecule has 1 amide bonds. The van der Waals surface area contributed by atoms with Gasteiger partial charge in [-0.25, -0.2) is 0 Å². The van der Waals surface area contributed by atoms with E-state index >= 15 is 0 Å². The number of hydrogen-bond acceptors (Lipinski definition) is 1. The Morgan fingerprint density at radius 1 is 1.67 bits per heavy atom. The van der Waals surface area contributed by atoms with Crippen LogP contribution in [0.15, 0.2) is 17.7 Å². The molecule has 2 N–H and O–H groups in total. The fraction of sp³-hybridized carbons (Fsp3) is 0.400. The molecule has 0 radical (unpaired) electrons. The van der Waals surface area contributed by atoms with Gasteiger partial charge in [0.05, 0.1) is 7.26 Å². The van der Waals surface area contributed by atoms with Crippen molar-refractivity contribution in [2.24, 2.45) is 11.6 Å². The molecule has 2 nitrogen and oxygen atoms in total. The summed E-state index contributed by atoms with van der Waals surface area (Å²) in [6.07, 6.45) is 2.54. The Morgan fingerprint density at radius 3 is 3.17 bits per heavy atom. The summed E-state index contributed by atoms with van der Waals surface area (Å²) in [4.78, 5) is 11.7. The normalized spacial score (nSPS) is 27.4. The van der Waals surface area contributed by atoms with E-state index in [4.69, 9.17) is 20.1 Å². The number of carbonyl (C=O) groups excluding carboxylic acids is 1. The number of hydrogen-bond donors (Lipinski definition) is 1. The number of carbonyl (C=O) groups is 1. The number of amides is 1. The molecule has 2 aliphatic carbocycles. The van der Waals surface area contributed by atoms with Gasteiger partial charge in [-0.05, 0) is 66.5 Å². The molecule has 0 spiro atoms. The molecule has 1 aromatic rings. The van der Waals surface area contributed by atoms with Gasteiger partial charge in [0.15, 0.2) is 0 Å². The van der Waals surface area contributed by atoms with E-state index in [0.717, 1.165) is 40.7 Å². The Morgan fingerprint density at radius 2 is 2.44 bits per heavy atom. The van der Waals surface area contributed by atoms with Crippen LogP contribution in [0.4, 0.5) is 0 Å². The van der Waals surface area contributed by atoms with Crippen molar-refractivity contribution in [1.82, 2.24) is 0 Å². The van der Waals surface area contributed by atoms with Gasteiger partial charge in [-0.15, -0.1) is 0 Å². The van der Waals surface area contributed by atoms with E-state index in [1.807, 2.05) is 13.0 Å². The van der Waals surface area contributed by atoms with Gasteiger partial charge >= 0.3 is 0 Å². The predicted molar refractivity (Wildman–Crippen MR) is 73.3 cm³/mol. The van der Waals surface area contributed by atoms with Crippen LogP contribution in [0.5, 0.6) is 0 Å². The van der Waals surface area contributed by atoms with Crippen LogP contribution in [0.3, 0.4) is 0 Å². The van der Waals surface area contributed by atoms with Crippen LogP contribution < -0.4 is 5.73 Å². The molecule has 3 heteroatoms. The predicted octanol–water partition coefficient (Wildman–Crippen LogP) is 3.24. The van der Waals surface area contributed by atoms with Gasteiger partial charge in [-0.1, -0.05) is 17.6 Å². The molecule has 0 heterocycles. The first-order valence-corrected chi connectivity index (χ1v) is 6.55. The highest BCUT2D eigenvalue weighted by atomic mass is 35.5. The highest BCUT2D eigenvalue weighted by Gasteiger charge is 2.33. The molecule has 0 aromatic heterocycles. The third-order valence-electron chi connectivity index (χ3n) is 3.85. The summed E-state index contributed by atoms with van der Waals surface area (Å²) in [6.45, 7) is 1.82. The summed E-state index contributed by atoms with van der Waals surface area (Å²) < 4.78 is 16.6. The first-order valence-electron chi connectivity index (χ1n) is 7.17. The molecule has 0 saturated carbocycles. The molecule has 0 bridgehead atoms. The lowest BCUT2D eigenvalue weighted by molar-refractivity contribution is -0.121. The SMILES string of the molecule is [2H]c1c(C)c(Cl)cc2c1CC1=C2CCCC1([2H])C(N)=O. The molecule has 0 aliphatic heterocycles. The lowest BCUT2D eigenvalue weighted by atomic mass is 9.82. The van der Waals surface area contributed by atoms with Gasteiger partial charge in [-0.3, -0.25) is 4.79 Å². The van der Waals surface area contributed by atoms with Crippen molar-refractivity contribution in [1.29, 1.82) is 0 Å². The quantitative estimate of drug-likeness (QED) is 0.830. The van der Waals surface area contributed by atoms with Crippen molar-refractivity contribution in [3.05, 3.63) is 39.4 Å². The molecule has 0 saturated heterocycles. The second-order valence-corrected chi connectivity index (χ2v) is 5.37. The summed E-state index contributed by atoms with van der Waals surface area (Å²) in [5.41, 5.74) is 9.82. The molecule has 1 aromatic carbocycles. The van der Waals surface area contributed by atoms with E-state index < -0.39 is 11.8 Å². The molecule has 0 fully saturated rings. The van der Waals surface area contributed by atoms with Crippen LogP contribution in [-0.2, 0) is 11.2 Å². The van der Waals surface area contributed by atoms with E-state index in [1.165, 1.54) is 0 Å². The maximum atomic E-state index is 11.7. The number of fused-ring (bicyclic) bond motifs is 2. The molecule has 1 atom stereocenters. The average Bonchev–Trinajstić information content (AvgIpc) is 2.77. The van der Waals surface area contributed by atoms with Crippen molar-refractivity contribution in [3.63, 3.8) is 0 Å². The van der Waals surface area contributed by atoms with Gasteiger partial charge in [0, 0.05) is 6.39 Å². The number of primary amides is 1. The number of nitrogens with two attached hydrogens (primary N) is 1. The smallest absolute Gasteiger partial charge is 0.224 e. The number of rotatable bonds is 1. The highest BCUT2D eigenvalue weighted by Crippen LogP contribution is 2.45. The minimum absolute atomic E-state index is 0.425. The minimum Gasteiger partial charge on any atom is -0.369 e. The minimum atomic E-state index is -1.32. The highest BCUT2D eigenvalue weighted by molar-refractivity contribution is 6.31. The van der Waals surface area contributed by atoms with E-state index in [1.54, 1.807) is 0 Å². The van der Waals surface area contributed by atoms with Crippen molar-refractivity contribution in [2.45, 2.75) is 32.6 Å². The van der Waals surface area contributed by atoms with Crippen LogP contribution in [-0.4, -0.2) is 5.91 Å². The molecule has 2 aliphatic rings. The van der Waals surface area contributed by atoms with Crippen LogP contribution in [0.1, 0.15) is 38.7 Å². The van der Waals surface area contributed by atoms with Gasteiger partial charge in [-0.2, -0.15) is 0 Å². The standard InChI is InChI=1S/C15H16ClNO/c1-8-5-9-6-13-10(12(9)7-14(8)16)3-2-4-11(13)15(17)18/h5,7,11H,2-4,6H2,1H3,(H2,17,18)/i5D,11D. The average molecular weight is 264 g/mol. The van der Waals surface area contributed by atoms with Crippen LogP contribution >= 0.6 is 11.6 Å². The third-order valence-corrected chi connectivity index (χ3v) is 4.24. The van der Waals surface area contributed by atoms with E-state index in [9.17, 15) is 4.79 Å². The first-order chi connectivity index (χ1) is 9.36. The molecule has 3 rings (SSSR count). The van der Waals surface area contributed by atoms with Gasteiger partial charge in [0.1, 0.15) is 0 Å². The van der Waals surface area contributed by atoms with Gasteiger partial charge in [0.2, 0.25) is 5.91 Å². The Kier molecular flexibility index (Phi) is 2.21. The van der Waals surface area contributed by atoms with Crippen molar-refractivity contribution >= 4 is 23.1 Å². The first kappa shape index (κ1) is 9.62. The zero-order chi connectivity index (χ0) is 14.7. The summed E-state index contributed by atoms with van der Waals surface area (Å²) in [5, 5.41) is 0.572. The molecule has 94 valence electrons. The van der Waals surface area contributed by atoms with E-state index in [0.29, 0.717) is 23.9 Å². The lowest BCUT2D eigenvalue weighted by Crippen LogP contribution is -2.27. The monoisotopic (exact) mass is 263 g/mol. The molecule has 1 unspecified atom stereocenters. The van der Waals surface area contributed by atoms with Crippen LogP contribution in [0.2, 0.25) is 5.02 Å². The number of allylic oxidation sites excluding steroid dienone is 1. The second kappa shape index (κ2) is 4.13. The Bertz CT molecular complexity index is 668. The zero-order valence-corrected chi connectivity index (χ0v) is 11.0. The Labute approximate surface area is 115 Å². The Hall–Kier alpha value is -1.28. The number of benzene rings is 1. The fourth-order valence-electron chi connectivity index (χ4n) is 2.97. The van der Waals surface area contributed by atoms with Crippen LogP contribution in [0.25, 0.3) is 5.57 Å². The van der Waals surface area contributed by atoms with Gasteiger partial charge < -0.3 is 5.73 Å².